The summed E-state index contributed by atoms with van der Waals surface area (Å²) in [6.45, 7) is 5.04. The molecule has 0 radical (unpaired) electrons. The van der Waals surface area contributed by atoms with E-state index in [-0.39, 0.29) is 5.91 Å². The van der Waals surface area contributed by atoms with Gasteiger partial charge in [0.25, 0.3) is 5.91 Å². The molecule has 0 fully saturated rings. The van der Waals surface area contributed by atoms with Crippen LogP contribution in [-0.4, -0.2) is 32.7 Å². The van der Waals surface area contributed by atoms with Gasteiger partial charge in [0.05, 0.1) is 23.3 Å². The second kappa shape index (κ2) is 7.33. The standard InChI is InChI=1S/C23H23N5O2/c1-13(2)9-22-25-17-5-4-16(11-19(17)26-22)24-23(29)20-12-18(27-28-20)14-3-6-21-15(10-14)7-8-30-21/h3-6,10-13H,7-9H2,1-2H3,(H,24,29)(H,25,26)(H,27,28). The lowest BCUT2D eigenvalue weighted by Crippen LogP contribution is -2.12. The molecule has 2 aromatic heterocycles. The first-order valence-corrected chi connectivity index (χ1v) is 10.2. The number of carbonyl (C=O) groups excluding carboxylic acids is 1. The van der Waals surface area contributed by atoms with Gasteiger partial charge >= 0.3 is 0 Å². The molecule has 5 rings (SSSR count). The number of ether oxygens (including phenoxy) is 1. The van der Waals surface area contributed by atoms with E-state index in [2.05, 4.69) is 45.4 Å². The molecule has 1 aliphatic heterocycles. The van der Waals surface area contributed by atoms with Gasteiger partial charge in [-0.05, 0) is 53.9 Å². The van der Waals surface area contributed by atoms with Crippen molar-refractivity contribution < 1.29 is 9.53 Å². The number of benzene rings is 2. The van der Waals surface area contributed by atoms with Crippen LogP contribution in [0.3, 0.4) is 0 Å². The molecule has 0 unspecified atom stereocenters. The van der Waals surface area contributed by atoms with E-state index in [1.165, 1.54) is 5.56 Å². The maximum absolute atomic E-state index is 12.7. The molecule has 2 aromatic carbocycles. The third-order valence-corrected chi connectivity index (χ3v) is 5.20. The number of hydrogen-bond acceptors (Lipinski definition) is 4. The number of anilines is 1. The Hall–Kier alpha value is -3.61. The fourth-order valence-electron chi connectivity index (χ4n) is 3.75. The van der Waals surface area contributed by atoms with Crippen molar-refractivity contribution in [3.8, 4) is 17.0 Å². The van der Waals surface area contributed by atoms with Gasteiger partial charge in [-0.25, -0.2) is 4.98 Å². The van der Waals surface area contributed by atoms with Crippen molar-refractivity contribution in [3.05, 3.63) is 59.5 Å². The number of amides is 1. The second-order valence-electron chi connectivity index (χ2n) is 8.06. The molecule has 0 atom stereocenters. The Balaban J connectivity index is 1.33. The van der Waals surface area contributed by atoms with Crippen LogP contribution >= 0.6 is 0 Å². The van der Waals surface area contributed by atoms with Crippen LogP contribution in [0, 0.1) is 5.92 Å². The van der Waals surface area contributed by atoms with E-state index < -0.39 is 0 Å². The Morgan fingerprint density at radius 2 is 2.10 bits per heavy atom. The Morgan fingerprint density at radius 1 is 1.20 bits per heavy atom. The summed E-state index contributed by atoms with van der Waals surface area (Å²) in [4.78, 5) is 20.6. The van der Waals surface area contributed by atoms with Crippen molar-refractivity contribution in [2.75, 3.05) is 11.9 Å². The fraction of sp³-hybridized carbons (Fsp3) is 0.261. The maximum atomic E-state index is 12.7. The summed E-state index contributed by atoms with van der Waals surface area (Å²) in [5.41, 5.74) is 5.79. The molecule has 4 aromatic rings. The highest BCUT2D eigenvalue weighted by Crippen LogP contribution is 2.30. The van der Waals surface area contributed by atoms with Crippen molar-refractivity contribution in [2.24, 2.45) is 5.92 Å². The van der Waals surface area contributed by atoms with E-state index in [9.17, 15) is 4.79 Å². The zero-order valence-corrected chi connectivity index (χ0v) is 17.0. The zero-order chi connectivity index (χ0) is 20.7. The molecular weight excluding hydrogens is 378 g/mol. The lowest BCUT2D eigenvalue weighted by molar-refractivity contribution is 0.102. The van der Waals surface area contributed by atoms with Crippen LogP contribution in [0.4, 0.5) is 5.69 Å². The summed E-state index contributed by atoms with van der Waals surface area (Å²) in [6.07, 6.45) is 1.79. The molecule has 7 nitrogen and oxygen atoms in total. The highest BCUT2D eigenvalue weighted by Gasteiger charge is 2.16. The summed E-state index contributed by atoms with van der Waals surface area (Å²) in [5, 5.41) is 10.1. The Morgan fingerprint density at radius 3 is 2.97 bits per heavy atom. The molecule has 152 valence electrons. The van der Waals surface area contributed by atoms with Crippen molar-refractivity contribution in [1.82, 2.24) is 20.2 Å². The lowest BCUT2D eigenvalue weighted by atomic mass is 10.1. The summed E-state index contributed by atoms with van der Waals surface area (Å²) in [7, 11) is 0. The number of H-pyrrole nitrogens is 2. The molecule has 1 aliphatic rings. The van der Waals surface area contributed by atoms with Crippen LogP contribution < -0.4 is 10.1 Å². The topological polar surface area (TPSA) is 95.7 Å². The summed E-state index contributed by atoms with van der Waals surface area (Å²) in [5.74, 6) is 2.18. The van der Waals surface area contributed by atoms with E-state index >= 15 is 0 Å². The number of aromatic amines is 2. The van der Waals surface area contributed by atoms with E-state index in [1.807, 2.05) is 30.3 Å². The molecule has 0 spiro atoms. The van der Waals surface area contributed by atoms with Gasteiger partial charge in [-0.2, -0.15) is 5.10 Å². The van der Waals surface area contributed by atoms with E-state index in [0.717, 1.165) is 46.7 Å². The van der Waals surface area contributed by atoms with Crippen molar-refractivity contribution in [1.29, 1.82) is 0 Å². The minimum Gasteiger partial charge on any atom is -0.493 e. The van der Waals surface area contributed by atoms with E-state index in [1.54, 1.807) is 6.07 Å². The van der Waals surface area contributed by atoms with Crippen molar-refractivity contribution >= 4 is 22.6 Å². The number of hydrogen-bond donors (Lipinski definition) is 3. The number of nitrogens with zero attached hydrogens (tertiary/aromatic N) is 2. The quantitative estimate of drug-likeness (QED) is 0.464. The maximum Gasteiger partial charge on any atom is 0.273 e. The van der Waals surface area contributed by atoms with E-state index in [4.69, 9.17) is 4.74 Å². The second-order valence-corrected chi connectivity index (χ2v) is 8.06. The molecule has 0 saturated carbocycles. The van der Waals surface area contributed by atoms with Gasteiger partial charge in [0, 0.05) is 24.1 Å². The summed E-state index contributed by atoms with van der Waals surface area (Å²) < 4.78 is 5.55. The van der Waals surface area contributed by atoms with Crippen LogP contribution in [0.2, 0.25) is 0 Å². The molecule has 0 aliphatic carbocycles. The number of nitrogens with one attached hydrogen (secondary N) is 3. The smallest absolute Gasteiger partial charge is 0.273 e. The summed E-state index contributed by atoms with van der Waals surface area (Å²) in [6, 6.07) is 13.4. The third-order valence-electron chi connectivity index (χ3n) is 5.20. The van der Waals surface area contributed by atoms with Crippen LogP contribution in [0.5, 0.6) is 5.75 Å². The number of imidazole rings is 1. The average molecular weight is 401 g/mol. The minimum atomic E-state index is -0.237. The molecule has 1 amide bonds. The van der Waals surface area contributed by atoms with Gasteiger partial charge in [-0.15, -0.1) is 0 Å². The number of rotatable bonds is 5. The fourth-order valence-corrected chi connectivity index (χ4v) is 3.75. The largest absolute Gasteiger partial charge is 0.493 e. The van der Waals surface area contributed by atoms with Gasteiger partial charge in [-0.1, -0.05) is 13.8 Å². The lowest BCUT2D eigenvalue weighted by Gasteiger charge is -2.03. The van der Waals surface area contributed by atoms with Crippen LogP contribution in [0.1, 0.15) is 35.7 Å². The van der Waals surface area contributed by atoms with Crippen LogP contribution in [0.25, 0.3) is 22.3 Å². The molecular formula is C23H23N5O2. The van der Waals surface area contributed by atoms with Gasteiger partial charge in [-0.3, -0.25) is 9.89 Å². The number of aromatic nitrogens is 4. The monoisotopic (exact) mass is 401 g/mol. The first kappa shape index (κ1) is 18.4. The minimum absolute atomic E-state index is 0.237. The average Bonchev–Trinajstić information content (AvgIpc) is 3.45. The Kier molecular flexibility index (Phi) is 4.50. The van der Waals surface area contributed by atoms with E-state index in [0.29, 0.717) is 23.9 Å². The molecule has 30 heavy (non-hydrogen) atoms. The zero-order valence-electron chi connectivity index (χ0n) is 17.0. The molecule has 0 saturated heterocycles. The molecule has 7 heteroatoms. The molecule has 0 bridgehead atoms. The summed E-state index contributed by atoms with van der Waals surface area (Å²) >= 11 is 0. The molecule has 3 N–H and O–H groups in total. The first-order valence-electron chi connectivity index (χ1n) is 10.2. The number of fused-ring (bicyclic) bond motifs is 2. The molecule has 3 heterocycles. The van der Waals surface area contributed by atoms with Gasteiger partial charge in [0.15, 0.2) is 0 Å². The Bertz CT molecular complexity index is 1240. The highest BCUT2D eigenvalue weighted by molar-refractivity contribution is 6.04. The first-order chi connectivity index (χ1) is 14.5. The Labute approximate surface area is 173 Å². The van der Waals surface area contributed by atoms with Gasteiger partial charge < -0.3 is 15.0 Å². The van der Waals surface area contributed by atoms with Gasteiger partial charge in [0.2, 0.25) is 0 Å². The normalized spacial score (nSPS) is 12.9. The highest BCUT2D eigenvalue weighted by atomic mass is 16.5. The van der Waals surface area contributed by atoms with Crippen LogP contribution in [-0.2, 0) is 12.8 Å². The predicted octanol–water partition coefficient (Wildman–Crippen LogP) is 4.34. The van der Waals surface area contributed by atoms with Crippen LogP contribution in [0.15, 0.2) is 42.5 Å². The number of carbonyl (C=O) groups is 1. The van der Waals surface area contributed by atoms with Crippen molar-refractivity contribution in [3.63, 3.8) is 0 Å². The predicted molar refractivity (Wildman–Crippen MR) is 116 cm³/mol. The third kappa shape index (κ3) is 3.54. The van der Waals surface area contributed by atoms with Crippen molar-refractivity contribution in [2.45, 2.75) is 26.7 Å². The SMILES string of the molecule is CC(C)Cc1nc2ccc(NC(=O)c3cc(-c4ccc5c(c4)CCO5)n[nH]3)cc2[nH]1. The van der Waals surface area contributed by atoms with Gasteiger partial charge in [0.1, 0.15) is 17.3 Å².